The van der Waals surface area contributed by atoms with Crippen molar-refractivity contribution in [1.29, 1.82) is 0 Å². The van der Waals surface area contributed by atoms with Gasteiger partial charge in [-0.3, -0.25) is 4.79 Å². The second kappa shape index (κ2) is 4.04. The van der Waals surface area contributed by atoms with E-state index in [4.69, 9.17) is 4.74 Å². The van der Waals surface area contributed by atoms with Gasteiger partial charge in [-0.1, -0.05) is 6.92 Å². The fourth-order valence-corrected chi connectivity index (χ4v) is 1.88. The first-order valence-electron chi connectivity index (χ1n) is 5.33. The van der Waals surface area contributed by atoms with E-state index in [2.05, 4.69) is 5.32 Å². The highest BCUT2D eigenvalue weighted by Crippen LogP contribution is 2.32. The zero-order chi connectivity index (χ0) is 11.7. The van der Waals surface area contributed by atoms with Gasteiger partial charge < -0.3 is 15.0 Å². The summed E-state index contributed by atoms with van der Waals surface area (Å²) in [5, 5.41) is 3.27. The highest BCUT2D eigenvalue weighted by molar-refractivity contribution is 5.99. The van der Waals surface area contributed by atoms with Crippen molar-refractivity contribution in [3.05, 3.63) is 18.2 Å². The summed E-state index contributed by atoms with van der Waals surface area (Å²) in [5.74, 6) is 0.918. The molecule has 1 amide bonds. The number of nitrogens with zero attached hydrogens (tertiary/aromatic N) is 1. The van der Waals surface area contributed by atoms with Gasteiger partial charge in [-0.25, -0.2) is 0 Å². The monoisotopic (exact) mass is 220 g/mol. The number of amides is 1. The van der Waals surface area contributed by atoms with Gasteiger partial charge in [-0.05, 0) is 12.1 Å². The molecule has 0 spiro atoms. The van der Waals surface area contributed by atoms with Crippen molar-refractivity contribution in [1.82, 2.24) is 0 Å². The van der Waals surface area contributed by atoms with E-state index in [9.17, 15) is 4.79 Å². The molecular formula is C12H16N2O2. The largest absolute Gasteiger partial charge is 0.497 e. The number of anilines is 2. The molecule has 1 unspecified atom stereocenters. The first-order valence-corrected chi connectivity index (χ1v) is 5.33. The molecule has 16 heavy (non-hydrogen) atoms. The molecule has 1 atom stereocenters. The molecule has 0 bridgehead atoms. The summed E-state index contributed by atoms with van der Waals surface area (Å²) in [6, 6.07) is 5.68. The molecular weight excluding hydrogens is 204 g/mol. The standard InChI is InChI=1S/C12H16N2O2/c1-8-7-13-10-6-9(16-3)4-5-11(10)14(2)12(8)15/h4-6,8,13H,7H2,1-3H3. The number of nitrogens with one attached hydrogen (secondary N) is 1. The topological polar surface area (TPSA) is 41.6 Å². The van der Waals surface area contributed by atoms with Crippen molar-refractivity contribution < 1.29 is 9.53 Å². The summed E-state index contributed by atoms with van der Waals surface area (Å²) in [6.45, 7) is 2.58. The molecule has 1 aliphatic rings. The van der Waals surface area contributed by atoms with Crippen molar-refractivity contribution in [2.24, 2.45) is 5.92 Å². The van der Waals surface area contributed by atoms with E-state index in [0.717, 1.165) is 17.1 Å². The van der Waals surface area contributed by atoms with Crippen LogP contribution in [0, 0.1) is 5.92 Å². The second-order valence-corrected chi connectivity index (χ2v) is 4.06. The third-order valence-corrected chi connectivity index (χ3v) is 2.92. The van der Waals surface area contributed by atoms with Crippen LogP contribution < -0.4 is 15.0 Å². The molecule has 0 aliphatic carbocycles. The molecule has 0 saturated heterocycles. The van der Waals surface area contributed by atoms with E-state index < -0.39 is 0 Å². The smallest absolute Gasteiger partial charge is 0.231 e. The Hall–Kier alpha value is -1.71. The van der Waals surface area contributed by atoms with Crippen LogP contribution in [0.3, 0.4) is 0 Å². The van der Waals surface area contributed by atoms with Gasteiger partial charge >= 0.3 is 0 Å². The van der Waals surface area contributed by atoms with Gasteiger partial charge in [0.25, 0.3) is 0 Å². The first-order chi connectivity index (χ1) is 7.63. The average Bonchev–Trinajstić information content (AvgIpc) is 2.42. The summed E-state index contributed by atoms with van der Waals surface area (Å²) in [5.41, 5.74) is 1.84. The van der Waals surface area contributed by atoms with Crippen molar-refractivity contribution in [3.63, 3.8) is 0 Å². The fraction of sp³-hybridized carbons (Fsp3) is 0.417. The first kappa shape index (κ1) is 10.8. The minimum Gasteiger partial charge on any atom is -0.497 e. The molecule has 4 heteroatoms. The van der Waals surface area contributed by atoms with Crippen LogP contribution in [0.25, 0.3) is 0 Å². The number of carbonyl (C=O) groups is 1. The molecule has 0 saturated carbocycles. The molecule has 0 fully saturated rings. The van der Waals surface area contributed by atoms with Gasteiger partial charge in [0.2, 0.25) is 5.91 Å². The summed E-state index contributed by atoms with van der Waals surface area (Å²) in [7, 11) is 3.44. The number of fused-ring (bicyclic) bond motifs is 1. The van der Waals surface area contributed by atoms with Crippen molar-refractivity contribution in [3.8, 4) is 5.75 Å². The van der Waals surface area contributed by atoms with Crippen molar-refractivity contribution >= 4 is 17.3 Å². The lowest BCUT2D eigenvalue weighted by molar-refractivity contribution is -0.121. The Balaban J connectivity index is 2.43. The van der Waals surface area contributed by atoms with Gasteiger partial charge in [0.15, 0.2) is 0 Å². The molecule has 2 rings (SSSR count). The Bertz CT molecular complexity index is 417. The zero-order valence-electron chi connectivity index (χ0n) is 9.78. The minimum atomic E-state index is -0.0107. The molecule has 1 aliphatic heterocycles. The SMILES string of the molecule is COc1ccc2c(c1)NCC(C)C(=O)N2C. The number of hydrogen-bond donors (Lipinski definition) is 1. The van der Waals surface area contributed by atoms with E-state index in [-0.39, 0.29) is 11.8 Å². The van der Waals surface area contributed by atoms with E-state index in [0.29, 0.717) is 6.54 Å². The van der Waals surface area contributed by atoms with E-state index >= 15 is 0 Å². The number of benzene rings is 1. The molecule has 0 radical (unpaired) electrons. The normalized spacial score (nSPS) is 19.8. The van der Waals surface area contributed by atoms with E-state index in [1.54, 1.807) is 19.1 Å². The quantitative estimate of drug-likeness (QED) is 0.783. The highest BCUT2D eigenvalue weighted by atomic mass is 16.5. The molecule has 4 nitrogen and oxygen atoms in total. The predicted molar refractivity (Wildman–Crippen MR) is 64.1 cm³/mol. The second-order valence-electron chi connectivity index (χ2n) is 4.06. The van der Waals surface area contributed by atoms with Gasteiger partial charge in [0, 0.05) is 19.7 Å². The maximum atomic E-state index is 11.9. The summed E-state index contributed by atoms with van der Waals surface area (Å²) in [6.07, 6.45) is 0. The number of methoxy groups -OCH3 is 1. The fourth-order valence-electron chi connectivity index (χ4n) is 1.88. The van der Waals surface area contributed by atoms with Crippen LogP contribution in [0.4, 0.5) is 11.4 Å². The molecule has 1 aromatic rings. The van der Waals surface area contributed by atoms with Crippen LogP contribution in [0.1, 0.15) is 6.92 Å². The van der Waals surface area contributed by atoms with Gasteiger partial charge in [0.1, 0.15) is 5.75 Å². The summed E-state index contributed by atoms with van der Waals surface area (Å²) in [4.78, 5) is 13.6. The predicted octanol–water partition coefficient (Wildman–Crippen LogP) is 1.72. The zero-order valence-corrected chi connectivity index (χ0v) is 9.78. The number of ether oxygens (including phenoxy) is 1. The minimum absolute atomic E-state index is 0.0107. The lowest BCUT2D eigenvalue weighted by Crippen LogP contribution is -2.31. The van der Waals surface area contributed by atoms with Crippen LogP contribution in [0.2, 0.25) is 0 Å². The molecule has 1 aromatic carbocycles. The number of rotatable bonds is 1. The lowest BCUT2D eigenvalue weighted by Gasteiger charge is -2.18. The Morgan fingerprint density at radius 3 is 2.94 bits per heavy atom. The van der Waals surface area contributed by atoms with Crippen LogP contribution >= 0.6 is 0 Å². The van der Waals surface area contributed by atoms with E-state index in [1.165, 1.54) is 0 Å². The number of hydrogen-bond acceptors (Lipinski definition) is 3. The molecule has 1 heterocycles. The third kappa shape index (κ3) is 1.71. The summed E-state index contributed by atoms with van der Waals surface area (Å²) < 4.78 is 5.17. The summed E-state index contributed by atoms with van der Waals surface area (Å²) >= 11 is 0. The number of carbonyl (C=O) groups excluding carboxylic acids is 1. The van der Waals surface area contributed by atoms with Crippen LogP contribution in [0.15, 0.2) is 18.2 Å². The molecule has 0 aromatic heterocycles. The average molecular weight is 220 g/mol. The van der Waals surface area contributed by atoms with Crippen molar-refractivity contribution in [2.75, 3.05) is 30.9 Å². The third-order valence-electron chi connectivity index (χ3n) is 2.92. The molecule has 86 valence electrons. The van der Waals surface area contributed by atoms with Crippen molar-refractivity contribution in [2.45, 2.75) is 6.92 Å². The Labute approximate surface area is 95.2 Å². The van der Waals surface area contributed by atoms with E-state index in [1.807, 2.05) is 25.1 Å². The Kier molecular flexibility index (Phi) is 2.73. The van der Waals surface area contributed by atoms with Crippen LogP contribution in [-0.4, -0.2) is 26.6 Å². The van der Waals surface area contributed by atoms with Crippen LogP contribution in [0.5, 0.6) is 5.75 Å². The highest BCUT2D eigenvalue weighted by Gasteiger charge is 2.24. The van der Waals surface area contributed by atoms with Gasteiger partial charge in [-0.2, -0.15) is 0 Å². The maximum absolute atomic E-state index is 11.9. The maximum Gasteiger partial charge on any atom is 0.231 e. The van der Waals surface area contributed by atoms with Crippen LogP contribution in [-0.2, 0) is 4.79 Å². The Morgan fingerprint density at radius 1 is 1.50 bits per heavy atom. The Morgan fingerprint density at radius 2 is 2.25 bits per heavy atom. The van der Waals surface area contributed by atoms with Gasteiger partial charge in [0.05, 0.1) is 24.4 Å². The van der Waals surface area contributed by atoms with Gasteiger partial charge in [-0.15, -0.1) is 0 Å². The lowest BCUT2D eigenvalue weighted by atomic mass is 10.1. The molecule has 1 N–H and O–H groups in total.